The Balaban J connectivity index is 0.00000128. The van der Waals surface area contributed by atoms with Gasteiger partial charge in [0.15, 0.2) is 0 Å². The summed E-state index contributed by atoms with van der Waals surface area (Å²) in [6, 6.07) is 5.73. The van der Waals surface area contributed by atoms with Gasteiger partial charge >= 0.3 is 58.2 Å². The van der Waals surface area contributed by atoms with E-state index in [1.165, 1.54) is 18.2 Å². The number of carbonyl (C=O) groups is 1. The van der Waals surface area contributed by atoms with E-state index < -0.39 is 11.8 Å². The largest absolute Gasteiger partial charge is 1.00 e. The van der Waals surface area contributed by atoms with Crippen molar-refractivity contribution in [3.63, 3.8) is 0 Å². The molecule has 0 unspecified atom stereocenters. The monoisotopic (exact) mass is 291 g/mol. The van der Waals surface area contributed by atoms with Crippen LogP contribution >= 0.6 is 0 Å². The molecule has 0 bridgehead atoms. The summed E-state index contributed by atoms with van der Waals surface area (Å²) in [7, 11) is 0. The van der Waals surface area contributed by atoms with E-state index in [-0.39, 0.29) is 75.0 Å². The molecule has 0 fully saturated rings. The van der Waals surface area contributed by atoms with E-state index in [4.69, 9.17) is 5.11 Å². The Bertz CT molecular complexity index is 512. The average molecular weight is 292 g/mol. The van der Waals surface area contributed by atoms with Gasteiger partial charge in [-0.2, -0.15) is 5.16 Å². The zero-order chi connectivity index (χ0) is 10.8. The van der Waals surface area contributed by atoms with E-state index in [1.54, 1.807) is 6.07 Å². The maximum Gasteiger partial charge on any atom is 1.00 e. The van der Waals surface area contributed by atoms with Crippen LogP contribution in [0.25, 0.3) is 11.3 Å². The van der Waals surface area contributed by atoms with Crippen LogP contribution in [0.1, 0.15) is 10.4 Å². The smallest absolute Gasteiger partial charge is 0.535 e. The van der Waals surface area contributed by atoms with Crippen molar-refractivity contribution in [3.05, 3.63) is 41.9 Å². The summed E-state index contributed by atoms with van der Waals surface area (Å²) in [5, 5.41) is 12.2. The first-order chi connectivity index (χ1) is 7.20. The van der Waals surface area contributed by atoms with Gasteiger partial charge in [0.05, 0.1) is 0 Å². The fourth-order valence-electron chi connectivity index (χ4n) is 1.19. The fraction of sp³-hybridized carbons (Fsp3) is 0. The van der Waals surface area contributed by atoms with Crippen molar-refractivity contribution in [2.45, 2.75) is 0 Å². The number of halogens is 1. The molecule has 0 spiro atoms. The first kappa shape index (κ1) is 13.7. The Morgan fingerprint density at radius 2 is 2.12 bits per heavy atom. The molecule has 0 aliphatic carbocycles. The predicted molar refractivity (Wildman–Crippen MR) is 47.7 cm³/mol. The van der Waals surface area contributed by atoms with Gasteiger partial charge in [-0.15, -0.1) is 0 Å². The maximum atomic E-state index is 13.3. The number of aromatic carboxylic acids is 1. The molecule has 1 aromatic heterocycles. The van der Waals surface area contributed by atoms with Crippen molar-refractivity contribution in [3.8, 4) is 11.3 Å². The number of nitrogens with zero attached hydrogens (tertiary/aromatic N) is 1. The van der Waals surface area contributed by atoms with E-state index in [9.17, 15) is 9.18 Å². The van der Waals surface area contributed by atoms with Crippen molar-refractivity contribution in [1.29, 1.82) is 0 Å². The van der Waals surface area contributed by atoms with Gasteiger partial charge in [0.25, 0.3) is 0 Å². The molecule has 1 heterocycles. The van der Waals surface area contributed by atoms with E-state index in [0.29, 0.717) is 0 Å². The summed E-state index contributed by atoms with van der Waals surface area (Å²) in [5.74, 6) is -1.81. The molecular weight excluding hydrogens is 287 g/mol. The Morgan fingerprint density at radius 1 is 1.44 bits per heavy atom. The SMILES string of the molecule is O=C(O)c1[c-]onc1-c1ccccc1F.[Rb+]. The number of hydrogen-bond acceptors (Lipinski definition) is 3. The van der Waals surface area contributed by atoms with Crippen molar-refractivity contribution in [1.82, 2.24) is 5.16 Å². The first-order valence-corrected chi connectivity index (χ1v) is 4.05. The van der Waals surface area contributed by atoms with E-state index in [0.717, 1.165) is 0 Å². The molecule has 2 aromatic rings. The zero-order valence-corrected chi connectivity index (χ0v) is 13.3. The molecule has 76 valence electrons. The molecule has 0 radical (unpaired) electrons. The molecule has 6 heteroatoms. The Kier molecular flexibility index (Phi) is 4.98. The van der Waals surface area contributed by atoms with Crippen LogP contribution in [0.3, 0.4) is 0 Å². The minimum atomic E-state index is -1.26. The van der Waals surface area contributed by atoms with Gasteiger partial charge in [-0.25, -0.2) is 4.39 Å². The molecule has 2 rings (SSSR count). The molecule has 1 N–H and O–H groups in total. The number of aromatic nitrogens is 1. The minimum absolute atomic E-state index is 0. The second-order valence-electron chi connectivity index (χ2n) is 2.79. The zero-order valence-electron chi connectivity index (χ0n) is 8.40. The van der Waals surface area contributed by atoms with Gasteiger partial charge in [0, 0.05) is 12.0 Å². The molecule has 1 aromatic carbocycles. The normalized spacial score (nSPS) is 9.56. The quantitative estimate of drug-likeness (QED) is 0.720. The third kappa shape index (κ3) is 2.65. The number of rotatable bonds is 2. The Morgan fingerprint density at radius 3 is 2.75 bits per heavy atom. The Labute approximate surface area is 139 Å². The van der Waals surface area contributed by atoms with E-state index >= 15 is 0 Å². The molecule has 0 atom stereocenters. The van der Waals surface area contributed by atoms with Crippen molar-refractivity contribution < 1.29 is 77.0 Å². The van der Waals surface area contributed by atoms with Crippen LogP contribution in [0.2, 0.25) is 0 Å². The molecular formula is C10H5FNO3Rb. The topological polar surface area (TPSA) is 63.3 Å². The van der Waals surface area contributed by atoms with Gasteiger partial charge in [-0.1, -0.05) is 18.2 Å². The third-order valence-electron chi connectivity index (χ3n) is 1.86. The third-order valence-corrected chi connectivity index (χ3v) is 1.86. The van der Waals surface area contributed by atoms with Crippen molar-refractivity contribution in [2.75, 3.05) is 0 Å². The van der Waals surface area contributed by atoms with E-state index in [1.807, 2.05) is 0 Å². The van der Waals surface area contributed by atoms with Crippen LogP contribution in [0.15, 0.2) is 28.8 Å². The summed E-state index contributed by atoms with van der Waals surface area (Å²) in [4.78, 5) is 10.7. The molecule has 4 nitrogen and oxygen atoms in total. The minimum Gasteiger partial charge on any atom is -0.535 e. The second-order valence-corrected chi connectivity index (χ2v) is 2.79. The average Bonchev–Trinajstić information content (AvgIpc) is 2.67. The van der Waals surface area contributed by atoms with E-state index in [2.05, 4.69) is 15.9 Å². The van der Waals surface area contributed by atoms with Crippen LogP contribution in [0.4, 0.5) is 4.39 Å². The summed E-state index contributed by atoms with van der Waals surface area (Å²) in [6.07, 6.45) is 2.08. The summed E-state index contributed by atoms with van der Waals surface area (Å²) in [5.41, 5.74) is -0.249. The number of carboxylic acid groups (broad SMARTS) is 1. The Hall–Kier alpha value is -0.365. The van der Waals surface area contributed by atoms with Gasteiger partial charge in [-0.05, 0) is 17.2 Å². The van der Waals surface area contributed by atoms with Crippen molar-refractivity contribution in [2.24, 2.45) is 0 Å². The second kappa shape index (κ2) is 5.81. The summed E-state index contributed by atoms with van der Waals surface area (Å²) < 4.78 is 17.7. The van der Waals surface area contributed by atoms with Gasteiger partial charge in [0.1, 0.15) is 5.82 Å². The molecule has 0 amide bonds. The standard InChI is InChI=1S/C10H5FNO3.Rb/c11-8-4-2-1-3-6(8)9-7(10(13)14)5-15-12-9;/h1-4H,(H,13,14);/q-1;+1. The molecule has 0 aliphatic heterocycles. The van der Waals surface area contributed by atoms with Crippen LogP contribution in [-0.2, 0) is 0 Å². The summed E-state index contributed by atoms with van der Waals surface area (Å²) >= 11 is 0. The first-order valence-electron chi connectivity index (χ1n) is 4.05. The van der Waals surface area contributed by atoms with Gasteiger partial charge < -0.3 is 14.4 Å². The van der Waals surface area contributed by atoms with Crippen LogP contribution in [-0.4, -0.2) is 16.2 Å². The van der Waals surface area contributed by atoms with Crippen LogP contribution in [0.5, 0.6) is 0 Å². The van der Waals surface area contributed by atoms with Crippen LogP contribution < -0.4 is 58.2 Å². The molecule has 16 heavy (non-hydrogen) atoms. The van der Waals surface area contributed by atoms with Crippen LogP contribution in [0, 0.1) is 12.1 Å². The van der Waals surface area contributed by atoms with Crippen molar-refractivity contribution >= 4 is 5.97 Å². The number of hydrogen-bond donors (Lipinski definition) is 1. The summed E-state index contributed by atoms with van der Waals surface area (Å²) in [6.45, 7) is 0. The number of benzene rings is 1. The number of carboxylic acids is 1. The maximum absolute atomic E-state index is 13.3. The van der Waals surface area contributed by atoms with Gasteiger partial charge in [-0.3, -0.25) is 0 Å². The molecule has 0 saturated heterocycles. The molecule has 0 aliphatic rings. The fourth-order valence-corrected chi connectivity index (χ4v) is 1.19. The molecule has 0 saturated carbocycles. The predicted octanol–water partition coefficient (Wildman–Crippen LogP) is -1.02. The van der Waals surface area contributed by atoms with Gasteiger partial charge in [0.2, 0.25) is 5.97 Å².